The number of carbonyl (C=O) groups is 1. The molecule has 0 aliphatic carbocycles. The van der Waals surface area contributed by atoms with Crippen LogP contribution in [0.5, 0.6) is 11.6 Å². The lowest BCUT2D eigenvalue weighted by atomic mass is 10.0. The molecular formula is C28H27F3N4O4. The Morgan fingerprint density at radius 1 is 1.05 bits per heavy atom. The van der Waals surface area contributed by atoms with Crippen LogP contribution >= 0.6 is 0 Å². The number of amides is 1. The normalized spacial score (nSPS) is 12.7. The second kappa shape index (κ2) is 10.8. The van der Waals surface area contributed by atoms with Crippen molar-refractivity contribution in [3.8, 4) is 11.6 Å². The van der Waals surface area contributed by atoms with Gasteiger partial charge in [0.1, 0.15) is 16.9 Å². The van der Waals surface area contributed by atoms with E-state index in [2.05, 4.69) is 15.3 Å². The van der Waals surface area contributed by atoms with Crippen molar-refractivity contribution >= 4 is 17.0 Å². The molecule has 1 unspecified atom stereocenters. The van der Waals surface area contributed by atoms with Crippen LogP contribution in [0.3, 0.4) is 0 Å². The van der Waals surface area contributed by atoms with Gasteiger partial charge in [-0.05, 0) is 63.6 Å². The standard InChI is InChI=1S/C28H27F3N4O4/c1-17-7-9-18(10-8-17)23(15-33-26(37)39-27(2,3)4)35-16-34-24(36)20-14-19(11-12-22(20)35)38-25-21(28(29,30)31)6-5-13-32-25/h5-14,16,23H,15H2,1-4H3,(H,33,37). The Morgan fingerprint density at radius 3 is 2.44 bits per heavy atom. The number of nitrogens with one attached hydrogen (secondary N) is 1. The summed E-state index contributed by atoms with van der Waals surface area (Å²) in [7, 11) is 0. The summed E-state index contributed by atoms with van der Waals surface area (Å²) in [5.41, 5.74) is -0.0173. The van der Waals surface area contributed by atoms with Crippen LogP contribution < -0.4 is 15.6 Å². The second-order valence-corrected chi connectivity index (χ2v) is 9.90. The molecule has 0 aliphatic rings. The van der Waals surface area contributed by atoms with Crippen LogP contribution in [-0.2, 0) is 10.9 Å². The molecule has 2 heterocycles. The Labute approximate surface area is 222 Å². The van der Waals surface area contributed by atoms with Crippen LogP contribution in [-0.4, -0.2) is 32.8 Å². The van der Waals surface area contributed by atoms with Crippen molar-refractivity contribution in [3.63, 3.8) is 0 Å². The van der Waals surface area contributed by atoms with E-state index in [0.717, 1.165) is 23.3 Å². The Balaban J connectivity index is 1.74. The Hall–Kier alpha value is -4.41. The van der Waals surface area contributed by atoms with Crippen LogP contribution in [0.25, 0.3) is 10.9 Å². The first-order valence-corrected chi connectivity index (χ1v) is 12.1. The van der Waals surface area contributed by atoms with Gasteiger partial charge in [-0.15, -0.1) is 0 Å². The van der Waals surface area contributed by atoms with Crippen LogP contribution in [0, 0.1) is 6.92 Å². The van der Waals surface area contributed by atoms with E-state index in [9.17, 15) is 22.8 Å². The highest BCUT2D eigenvalue weighted by Gasteiger charge is 2.35. The zero-order chi connectivity index (χ0) is 28.4. The Morgan fingerprint density at radius 2 is 1.77 bits per heavy atom. The number of aromatic nitrogens is 3. The fourth-order valence-electron chi connectivity index (χ4n) is 3.93. The van der Waals surface area contributed by atoms with Gasteiger partial charge >= 0.3 is 12.3 Å². The van der Waals surface area contributed by atoms with Crippen molar-refractivity contribution in [2.24, 2.45) is 0 Å². The fraction of sp³-hybridized carbons (Fsp3) is 0.286. The highest BCUT2D eigenvalue weighted by molar-refractivity contribution is 5.80. The molecule has 11 heteroatoms. The molecule has 2 aromatic heterocycles. The van der Waals surface area contributed by atoms with Crippen molar-refractivity contribution in [2.45, 2.75) is 45.5 Å². The maximum absolute atomic E-state index is 13.4. The van der Waals surface area contributed by atoms with E-state index >= 15 is 0 Å². The number of alkyl carbamates (subject to hydrolysis) is 1. The van der Waals surface area contributed by atoms with Crippen molar-refractivity contribution in [3.05, 3.63) is 94.2 Å². The van der Waals surface area contributed by atoms with E-state index in [-0.39, 0.29) is 17.7 Å². The molecule has 0 aliphatic heterocycles. The topological polar surface area (TPSA) is 95.3 Å². The van der Waals surface area contributed by atoms with Crippen LogP contribution in [0.4, 0.5) is 18.0 Å². The van der Waals surface area contributed by atoms with Crippen LogP contribution in [0.15, 0.2) is 71.9 Å². The lowest BCUT2D eigenvalue weighted by Crippen LogP contribution is -2.36. The number of nitrogens with zero attached hydrogens (tertiary/aromatic N) is 3. The van der Waals surface area contributed by atoms with E-state index in [1.165, 1.54) is 24.7 Å². The third-order valence-corrected chi connectivity index (χ3v) is 5.70. The van der Waals surface area contributed by atoms with E-state index in [0.29, 0.717) is 5.52 Å². The molecule has 0 saturated carbocycles. The fourth-order valence-corrected chi connectivity index (χ4v) is 3.93. The summed E-state index contributed by atoms with van der Waals surface area (Å²) in [5, 5.41) is 2.89. The van der Waals surface area contributed by atoms with Gasteiger partial charge in [-0.2, -0.15) is 18.2 Å². The summed E-state index contributed by atoms with van der Waals surface area (Å²) in [6, 6.07) is 13.5. The largest absolute Gasteiger partial charge is 0.444 e. The molecule has 0 radical (unpaired) electrons. The van der Waals surface area contributed by atoms with Crippen molar-refractivity contribution in [2.75, 3.05) is 6.54 Å². The number of fused-ring (bicyclic) bond motifs is 1. The summed E-state index contributed by atoms with van der Waals surface area (Å²) >= 11 is 0. The zero-order valence-corrected chi connectivity index (χ0v) is 21.7. The number of benzene rings is 2. The molecule has 4 rings (SSSR count). The van der Waals surface area contributed by atoms with Gasteiger partial charge in [0.05, 0.1) is 23.3 Å². The van der Waals surface area contributed by atoms with Gasteiger partial charge in [-0.3, -0.25) is 4.79 Å². The van der Waals surface area contributed by atoms with Gasteiger partial charge < -0.3 is 19.4 Å². The third-order valence-electron chi connectivity index (χ3n) is 5.70. The molecule has 0 saturated heterocycles. The summed E-state index contributed by atoms with van der Waals surface area (Å²) in [4.78, 5) is 32.8. The number of halogens is 3. The lowest BCUT2D eigenvalue weighted by Gasteiger charge is -2.25. The number of hydrogen-bond donors (Lipinski definition) is 1. The maximum Gasteiger partial charge on any atom is 0.421 e. The molecule has 1 N–H and O–H groups in total. The van der Waals surface area contributed by atoms with E-state index in [4.69, 9.17) is 9.47 Å². The molecule has 204 valence electrons. The van der Waals surface area contributed by atoms with E-state index in [1.807, 2.05) is 31.2 Å². The predicted molar refractivity (Wildman–Crippen MR) is 139 cm³/mol. The van der Waals surface area contributed by atoms with Gasteiger partial charge in [-0.25, -0.2) is 9.78 Å². The maximum atomic E-state index is 13.4. The number of alkyl halides is 3. The number of aryl methyl sites for hydroxylation is 1. The smallest absolute Gasteiger partial charge is 0.421 e. The second-order valence-electron chi connectivity index (χ2n) is 9.90. The van der Waals surface area contributed by atoms with Crippen LogP contribution in [0.2, 0.25) is 0 Å². The number of rotatable bonds is 6. The minimum Gasteiger partial charge on any atom is -0.444 e. The molecule has 1 atom stereocenters. The molecular weight excluding hydrogens is 513 g/mol. The van der Waals surface area contributed by atoms with Gasteiger partial charge in [0.25, 0.3) is 5.56 Å². The first-order chi connectivity index (χ1) is 18.3. The number of ether oxygens (including phenoxy) is 2. The number of carbonyl (C=O) groups excluding carboxylic acids is 1. The predicted octanol–water partition coefficient (Wildman–Crippen LogP) is 6.03. The average Bonchev–Trinajstić information content (AvgIpc) is 2.85. The quantitative estimate of drug-likeness (QED) is 0.321. The van der Waals surface area contributed by atoms with Gasteiger partial charge in [0.15, 0.2) is 0 Å². The first-order valence-electron chi connectivity index (χ1n) is 12.1. The molecule has 2 aromatic carbocycles. The van der Waals surface area contributed by atoms with Crippen molar-refractivity contribution < 1.29 is 27.4 Å². The summed E-state index contributed by atoms with van der Waals surface area (Å²) < 4.78 is 52.7. The third kappa shape index (κ3) is 6.73. The molecule has 39 heavy (non-hydrogen) atoms. The molecule has 4 aromatic rings. The Bertz CT molecular complexity index is 1540. The summed E-state index contributed by atoms with van der Waals surface area (Å²) in [6.45, 7) is 7.32. The van der Waals surface area contributed by atoms with Crippen molar-refractivity contribution in [1.29, 1.82) is 0 Å². The SMILES string of the molecule is Cc1ccc(C(CNC(=O)OC(C)(C)C)n2cnc(=O)c3cc(Oc4ncccc4C(F)(F)F)ccc32)cc1. The van der Waals surface area contributed by atoms with Gasteiger partial charge in [0.2, 0.25) is 5.88 Å². The number of pyridine rings is 1. The van der Waals surface area contributed by atoms with E-state index in [1.54, 1.807) is 31.4 Å². The van der Waals surface area contributed by atoms with Gasteiger partial charge in [-0.1, -0.05) is 29.8 Å². The molecule has 0 spiro atoms. The monoisotopic (exact) mass is 540 g/mol. The zero-order valence-electron chi connectivity index (χ0n) is 21.7. The summed E-state index contributed by atoms with van der Waals surface area (Å²) in [5.74, 6) is -0.644. The highest BCUT2D eigenvalue weighted by atomic mass is 19.4. The minimum atomic E-state index is -4.67. The molecule has 8 nitrogen and oxygen atoms in total. The molecule has 0 fully saturated rings. The number of hydrogen-bond acceptors (Lipinski definition) is 6. The Kier molecular flexibility index (Phi) is 7.62. The molecule has 1 amide bonds. The minimum absolute atomic E-state index is 0.0119. The van der Waals surface area contributed by atoms with Gasteiger partial charge in [0, 0.05) is 12.7 Å². The highest BCUT2D eigenvalue weighted by Crippen LogP contribution is 2.37. The van der Waals surface area contributed by atoms with Crippen molar-refractivity contribution in [1.82, 2.24) is 19.9 Å². The van der Waals surface area contributed by atoms with E-state index < -0.39 is 40.9 Å². The summed E-state index contributed by atoms with van der Waals surface area (Å²) in [6.07, 6.45) is -2.72. The average molecular weight is 541 g/mol. The lowest BCUT2D eigenvalue weighted by molar-refractivity contribution is -0.138. The first kappa shape index (κ1) is 27.6. The molecule has 0 bridgehead atoms. The van der Waals surface area contributed by atoms with Crippen LogP contribution in [0.1, 0.15) is 43.5 Å².